The summed E-state index contributed by atoms with van der Waals surface area (Å²) in [7, 11) is 0. The fourth-order valence-corrected chi connectivity index (χ4v) is 3.84. The van der Waals surface area contributed by atoms with Crippen LogP contribution in [-0.4, -0.2) is 34.9 Å². The van der Waals surface area contributed by atoms with Crippen molar-refractivity contribution in [3.63, 3.8) is 0 Å². The molecule has 0 saturated heterocycles. The van der Waals surface area contributed by atoms with E-state index < -0.39 is 12.1 Å². The van der Waals surface area contributed by atoms with E-state index in [9.17, 15) is 9.90 Å². The summed E-state index contributed by atoms with van der Waals surface area (Å²) in [6.07, 6.45) is 2.61. The zero-order valence-electron chi connectivity index (χ0n) is 12.2. The molecular formula is C16H20INO4. The largest absolute Gasteiger partial charge is 0.491 e. The second-order valence-electron chi connectivity index (χ2n) is 6.11. The van der Waals surface area contributed by atoms with Crippen LogP contribution in [0.4, 0.5) is 0 Å². The molecule has 22 heavy (non-hydrogen) atoms. The first-order chi connectivity index (χ1) is 10.5. The highest BCUT2D eigenvalue weighted by atomic mass is 127. The molecule has 1 heterocycles. The van der Waals surface area contributed by atoms with Gasteiger partial charge in [0.2, 0.25) is 0 Å². The minimum atomic E-state index is -0.716. The van der Waals surface area contributed by atoms with Crippen molar-refractivity contribution in [2.45, 2.75) is 43.9 Å². The number of carboxylic acids is 1. The first-order valence-corrected chi connectivity index (χ1v) is 8.71. The molecule has 0 radical (unpaired) electrons. The minimum Gasteiger partial charge on any atom is -0.491 e. The van der Waals surface area contributed by atoms with E-state index in [1.807, 2.05) is 18.2 Å². The van der Waals surface area contributed by atoms with Gasteiger partial charge in [-0.15, -0.1) is 0 Å². The van der Waals surface area contributed by atoms with E-state index in [0.717, 1.165) is 34.1 Å². The summed E-state index contributed by atoms with van der Waals surface area (Å²) in [6, 6.07) is 5.72. The van der Waals surface area contributed by atoms with Gasteiger partial charge in [-0.25, -0.2) is 0 Å². The molecule has 0 aromatic heterocycles. The Kier molecular flexibility index (Phi) is 4.89. The van der Waals surface area contributed by atoms with E-state index >= 15 is 0 Å². The van der Waals surface area contributed by atoms with Crippen molar-refractivity contribution in [1.82, 2.24) is 5.32 Å². The molecule has 2 aliphatic rings. The summed E-state index contributed by atoms with van der Waals surface area (Å²) < 4.78 is 6.84. The highest BCUT2D eigenvalue weighted by Crippen LogP contribution is 2.34. The lowest BCUT2D eigenvalue weighted by Gasteiger charge is -2.36. The molecule has 1 aliphatic heterocycles. The van der Waals surface area contributed by atoms with E-state index in [1.54, 1.807) is 0 Å². The number of hydrogen-bond acceptors (Lipinski definition) is 4. The lowest BCUT2D eigenvalue weighted by molar-refractivity contribution is -0.143. The monoisotopic (exact) mass is 417 g/mol. The number of aliphatic carboxylic acids is 1. The molecule has 1 unspecified atom stereocenters. The molecule has 0 spiro atoms. The third kappa shape index (κ3) is 3.38. The Morgan fingerprint density at radius 3 is 2.95 bits per heavy atom. The van der Waals surface area contributed by atoms with Crippen molar-refractivity contribution in [2.24, 2.45) is 5.92 Å². The number of fused-ring (bicyclic) bond motifs is 1. The van der Waals surface area contributed by atoms with Gasteiger partial charge in [-0.1, -0.05) is 12.5 Å². The molecule has 1 fully saturated rings. The Balaban J connectivity index is 1.66. The lowest BCUT2D eigenvalue weighted by atomic mass is 9.85. The van der Waals surface area contributed by atoms with E-state index in [1.165, 1.54) is 0 Å². The van der Waals surface area contributed by atoms with Gasteiger partial charge in [0.25, 0.3) is 0 Å². The number of benzene rings is 1. The van der Waals surface area contributed by atoms with E-state index in [0.29, 0.717) is 13.0 Å². The molecular weight excluding hydrogens is 397 g/mol. The molecule has 1 aromatic carbocycles. The first kappa shape index (κ1) is 16.0. The molecule has 1 aromatic rings. The van der Waals surface area contributed by atoms with Crippen LogP contribution in [0, 0.1) is 9.49 Å². The fraction of sp³-hybridized carbons (Fsp3) is 0.562. The Hall–Kier alpha value is -0.860. The predicted octanol–water partition coefficient (Wildman–Crippen LogP) is 2.32. The van der Waals surface area contributed by atoms with Gasteiger partial charge in [-0.05, 0) is 54.0 Å². The zero-order valence-corrected chi connectivity index (χ0v) is 14.3. The number of nitrogens with one attached hydrogen (secondary N) is 1. The smallest absolute Gasteiger partial charge is 0.306 e. The molecule has 3 rings (SSSR count). The molecule has 1 aliphatic carbocycles. The summed E-state index contributed by atoms with van der Waals surface area (Å²) in [6.45, 7) is 0.405. The molecule has 120 valence electrons. The van der Waals surface area contributed by atoms with Gasteiger partial charge in [-0.3, -0.25) is 4.79 Å². The molecule has 0 bridgehead atoms. The van der Waals surface area contributed by atoms with Gasteiger partial charge in [0.1, 0.15) is 18.5 Å². The summed E-state index contributed by atoms with van der Waals surface area (Å²) in [4.78, 5) is 11.1. The van der Waals surface area contributed by atoms with Crippen molar-refractivity contribution < 1.29 is 19.7 Å². The van der Waals surface area contributed by atoms with Crippen LogP contribution in [0.25, 0.3) is 0 Å². The fourth-order valence-electron chi connectivity index (χ4n) is 3.37. The lowest BCUT2D eigenvalue weighted by Crippen LogP contribution is -2.49. The normalized spacial score (nSPS) is 31.2. The standard InChI is InChI=1S/C16H20INO4/c17-10-4-5-12-14(7-10)22-8-13(15(12)19)18-11-3-1-2-9(6-11)16(20)21/h4-5,7,9,11,13,15,18-19H,1-3,6,8H2,(H,20,21)/t9?,11-,13+,15-/m1/s1. The van der Waals surface area contributed by atoms with Gasteiger partial charge < -0.3 is 20.3 Å². The number of aliphatic hydroxyl groups excluding tert-OH is 1. The molecule has 5 nitrogen and oxygen atoms in total. The summed E-state index contributed by atoms with van der Waals surface area (Å²) in [5, 5.41) is 23.1. The molecule has 0 amide bonds. The number of rotatable bonds is 3. The average molecular weight is 417 g/mol. The second kappa shape index (κ2) is 6.72. The summed E-state index contributed by atoms with van der Waals surface area (Å²) in [5.74, 6) is -0.252. The van der Waals surface area contributed by atoms with Crippen LogP contribution in [0.15, 0.2) is 18.2 Å². The van der Waals surface area contributed by atoms with E-state index in [2.05, 4.69) is 27.9 Å². The second-order valence-corrected chi connectivity index (χ2v) is 7.36. The van der Waals surface area contributed by atoms with Crippen LogP contribution in [-0.2, 0) is 4.79 Å². The van der Waals surface area contributed by atoms with Crippen LogP contribution in [0.5, 0.6) is 5.75 Å². The topological polar surface area (TPSA) is 78.8 Å². The van der Waals surface area contributed by atoms with Crippen LogP contribution >= 0.6 is 22.6 Å². The zero-order chi connectivity index (χ0) is 15.7. The SMILES string of the molecule is O=C(O)C1CCC[C@@H](N[C@H]2COc3cc(I)ccc3[C@H]2O)C1. The third-order valence-electron chi connectivity index (χ3n) is 4.57. The summed E-state index contributed by atoms with van der Waals surface area (Å²) >= 11 is 2.22. The van der Waals surface area contributed by atoms with Crippen molar-refractivity contribution in [3.8, 4) is 5.75 Å². The Morgan fingerprint density at radius 1 is 1.36 bits per heavy atom. The first-order valence-electron chi connectivity index (χ1n) is 7.64. The van der Waals surface area contributed by atoms with Crippen LogP contribution < -0.4 is 10.1 Å². The molecule has 6 heteroatoms. The maximum absolute atomic E-state index is 11.1. The summed E-state index contributed by atoms with van der Waals surface area (Å²) in [5.41, 5.74) is 0.801. The van der Waals surface area contributed by atoms with Crippen LogP contribution in [0.1, 0.15) is 37.4 Å². The maximum atomic E-state index is 11.1. The Morgan fingerprint density at radius 2 is 2.18 bits per heavy atom. The number of aliphatic hydroxyl groups is 1. The van der Waals surface area contributed by atoms with Crippen molar-refractivity contribution in [3.05, 3.63) is 27.3 Å². The highest BCUT2D eigenvalue weighted by molar-refractivity contribution is 14.1. The Bertz CT molecular complexity index is 565. The van der Waals surface area contributed by atoms with Crippen LogP contribution in [0.2, 0.25) is 0 Å². The quantitative estimate of drug-likeness (QED) is 0.659. The Labute approximate surface area is 143 Å². The maximum Gasteiger partial charge on any atom is 0.306 e. The van der Waals surface area contributed by atoms with Gasteiger partial charge in [-0.2, -0.15) is 0 Å². The molecule has 3 N–H and O–H groups in total. The number of carboxylic acid groups (broad SMARTS) is 1. The van der Waals surface area contributed by atoms with Gasteiger partial charge in [0.15, 0.2) is 0 Å². The third-order valence-corrected chi connectivity index (χ3v) is 5.24. The minimum absolute atomic E-state index is 0.128. The number of carbonyl (C=O) groups is 1. The van der Waals surface area contributed by atoms with Gasteiger partial charge in [0, 0.05) is 15.2 Å². The van der Waals surface area contributed by atoms with E-state index in [4.69, 9.17) is 9.84 Å². The highest BCUT2D eigenvalue weighted by Gasteiger charge is 2.33. The number of hydrogen-bond donors (Lipinski definition) is 3. The number of halogens is 1. The van der Waals surface area contributed by atoms with Crippen LogP contribution in [0.3, 0.4) is 0 Å². The molecule has 4 atom stereocenters. The van der Waals surface area contributed by atoms with Crippen molar-refractivity contribution in [1.29, 1.82) is 0 Å². The van der Waals surface area contributed by atoms with Crippen molar-refractivity contribution in [2.75, 3.05) is 6.61 Å². The van der Waals surface area contributed by atoms with Gasteiger partial charge >= 0.3 is 5.97 Å². The predicted molar refractivity (Wildman–Crippen MR) is 89.9 cm³/mol. The molecule has 1 saturated carbocycles. The van der Waals surface area contributed by atoms with Gasteiger partial charge in [0.05, 0.1) is 12.0 Å². The number of ether oxygens (including phenoxy) is 1. The average Bonchev–Trinajstić information content (AvgIpc) is 2.50. The van der Waals surface area contributed by atoms with E-state index in [-0.39, 0.29) is 18.0 Å². The van der Waals surface area contributed by atoms with Crippen molar-refractivity contribution >= 4 is 28.6 Å².